The number of benzene rings is 1. The molecule has 1 aromatic rings. The first-order valence-electron chi connectivity index (χ1n) is 7.06. The van der Waals surface area contributed by atoms with Crippen molar-refractivity contribution in [2.24, 2.45) is 0 Å². The molecule has 1 aromatic carbocycles. The van der Waals surface area contributed by atoms with Gasteiger partial charge in [-0.1, -0.05) is 12.1 Å². The molecule has 0 aliphatic rings. The van der Waals surface area contributed by atoms with E-state index in [1.54, 1.807) is 30.3 Å². The van der Waals surface area contributed by atoms with Crippen molar-refractivity contribution in [1.82, 2.24) is 5.32 Å². The summed E-state index contributed by atoms with van der Waals surface area (Å²) in [5, 5.41) is 23.4. The molecule has 1 rings (SSSR count). The highest BCUT2D eigenvalue weighted by Crippen LogP contribution is 2.23. The van der Waals surface area contributed by atoms with Crippen molar-refractivity contribution in [3.05, 3.63) is 36.0 Å². The van der Waals surface area contributed by atoms with E-state index in [-0.39, 0.29) is 5.57 Å². The Kier molecular flexibility index (Phi) is 8.22. The molecule has 1 atom stereocenters. The number of aliphatic carboxylic acids is 1. The predicted octanol–water partition coefficient (Wildman–Crippen LogP) is 1.84. The normalized spacial score (nSPS) is 12.0. The average molecular weight is 349 g/mol. The second-order valence-corrected chi connectivity index (χ2v) is 5.65. The quantitative estimate of drug-likeness (QED) is 0.461. The fourth-order valence-electron chi connectivity index (χ4n) is 1.78. The third kappa shape index (κ3) is 5.85. The molecular formula is C16H19N3O4S. The van der Waals surface area contributed by atoms with Crippen molar-refractivity contribution in [3.8, 4) is 11.8 Å². The van der Waals surface area contributed by atoms with E-state index < -0.39 is 17.9 Å². The van der Waals surface area contributed by atoms with Crippen LogP contribution in [0.4, 0.5) is 5.69 Å². The van der Waals surface area contributed by atoms with Crippen molar-refractivity contribution in [1.29, 1.82) is 5.26 Å². The molecule has 8 heteroatoms. The van der Waals surface area contributed by atoms with Gasteiger partial charge in [0.1, 0.15) is 23.4 Å². The number of carboxylic acids is 1. The molecule has 0 fully saturated rings. The zero-order valence-electron chi connectivity index (χ0n) is 13.4. The van der Waals surface area contributed by atoms with Gasteiger partial charge < -0.3 is 20.5 Å². The summed E-state index contributed by atoms with van der Waals surface area (Å²) >= 11 is 1.52. The molecular weight excluding hydrogens is 330 g/mol. The Bertz CT molecular complexity index is 655. The van der Waals surface area contributed by atoms with E-state index in [0.717, 1.165) is 6.20 Å². The molecule has 0 spiro atoms. The number of ether oxygens (including phenoxy) is 1. The molecule has 7 nitrogen and oxygen atoms in total. The molecule has 0 aliphatic heterocycles. The first-order chi connectivity index (χ1) is 11.5. The number of nitrogens with one attached hydrogen (secondary N) is 2. The molecule has 24 heavy (non-hydrogen) atoms. The number of hydrogen-bond donors (Lipinski definition) is 3. The number of carbonyl (C=O) groups excluding carboxylic acids is 1. The van der Waals surface area contributed by atoms with E-state index in [0.29, 0.717) is 23.6 Å². The predicted molar refractivity (Wildman–Crippen MR) is 92.9 cm³/mol. The van der Waals surface area contributed by atoms with Crippen LogP contribution in [-0.2, 0) is 9.59 Å². The molecule has 0 heterocycles. The number of amides is 1. The Hall–Kier alpha value is -2.66. The third-order valence-electron chi connectivity index (χ3n) is 3.06. The minimum absolute atomic E-state index is 0.226. The second-order valence-electron chi connectivity index (χ2n) is 4.66. The van der Waals surface area contributed by atoms with Crippen LogP contribution >= 0.6 is 11.8 Å². The van der Waals surface area contributed by atoms with Crippen molar-refractivity contribution in [2.75, 3.05) is 24.4 Å². The summed E-state index contributed by atoms with van der Waals surface area (Å²) in [6.45, 7) is 0. The number of nitrogens with zero attached hydrogens (tertiary/aromatic N) is 1. The smallest absolute Gasteiger partial charge is 0.326 e. The number of methoxy groups -OCH3 is 1. The Morgan fingerprint density at radius 2 is 2.17 bits per heavy atom. The van der Waals surface area contributed by atoms with Crippen LogP contribution in [0.1, 0.15) is 6.42 Å². The zero-order valence-corrected chi connectivity index (χ0v) is 14.2. The Labute approximate surface area is 144 Å². The molecule has 0 saturated heterocycles. The number of thioether (sulfide) groups is 1. The molecule has 1 unspecified atom stereocenters. The molecule has 128 valence electrons. The van der Waals surface area contributed by atoms with Gasteiger partial charge in [0.15, 0.2) is 0 Å². The molecule has 3 N–H and O–H groups in total. The van der Waals surface area contributed by atoms with Gasteiger partial charge in [0.05, 0.1) is 12.8 Å². The molecule has 0 bridgehead atoms. The maximum absolute atomic E-state index is 12.2. The topological polar surface area (TPSA) is 111 Å². The maximum Gasteiger partial charge on any atom is 0.326 e. The summed E-state index contributed by atoms with van der Waals surface area (Å²) < 4.78 is 5.12. The van der Waals surface area contributed by atoms with Gasteiger partial charge in [-0.3, -0.25) is 4.79 Å². The van der Waals surface area contributed by atoms with E-state index in [1.165, 1.54) is 18.9 Å². The fourth-order valence-corrected chi connectivity index (χ4v) is 2.26. The molecule has 0 saturated carbocycles. The minimum Gasteiger partial charge on any atom is -0.495 e. The summed E-state index contributed by atoms with van der Waals surface area (Å²) in [4.78, 5) is 23.3. The first-order valence-corrected chi connectivity index (χ1v) is 8.45. The number of nitriles is 1. The van der Waals surface area contributed by atoms with Crippen LogP contribution in [0.15, 0.2) is 36.0 Å². The SMILES string of the molecule is COc1ccccc1NC(=O)/C(C#N)=C\NC(CCSC)C(=O)O. The van der Waals surface area contributed by atoms with Crippen LogP contribution in [0, 0.1) is 11.3 Å². The molecule has 0 radical (unpaired) electrons. The fraction of sp³-hybridized carbons (Fsp3) is 0.312. The summed E-state index contributed by atoms with van der Waals surface area (Å²) in [5.41, 5.74) is 0.194. The molecule has 0 aliphatic carbocycles. The first kappa shape index (κ1) is 19.4. The van der Waals surface area contributed by atoms with Gasteiger partial charge in [-0.2, -0.15) is 17.0 Å². The zero-order chi connectivity index (χ0) is 17.9. The lowest BCUT2D eigenvalue weighted by molar-refractivity contribution is -0.139. The number of anilines is 1. The second kappa shape index (κ2) is 10.2. The lowest BCUT2D eigenvalue weighted by Crippen LogP contribution is -2.34. The Balaban J connectivity index is 2.82. The molecule has 1 amide bonds. The van der Waals surface area contributed by atoms with Crippen molar-refractivity contribution < 1.29 is 19.4 Å². The van der Waals surface area contributed by atoms with Crippen molar-refractivity contribution in [2.45, 2.75) is 12.5 Å². The highest BCUT2D eigenvalue weighted by atomic mass is 32.2. The van der Waals surface area contributed by atoms with Gasteiger partial charge in [0, 0.05) is 6.20 Å². The summed E-state index contributed by atoms with van der Waals surface area (Å²) in [7, 11) is 1.47. The lowest BCUT2D eigenvalue weighted by atomic mass is 10.2. The highest BCUT2D eigenvalue weighted by Gasteiger charge is 2.17. The van der Waals surface area contributed by atoms with Crippen LogP contribution in [0.5, 0.6) is 5.75 Å². The maximum atomic E-state index is 12.2. The van der Waals surface area contributed by atoms with Crippen LogP contribution in [0.2, 0.25) is 0 Å². The van der Waals surface area contributed by atoms with E-state index in [1.807, 2.05) is 6.26 Å². The van der Waals surface area contributed by atoms with Gasteiger partial charge in [0.2, 0.25) is 0 Å². The lowest BCUT2D eigenvalue weighted by Gasteiger charge is -2.13. The van der Waals surface area contributed by atoms with E-state index in [9.17, 15) is 9.59 Å². The third-order valence-corrected chi connectivity index (χ3v) is 3.70. The highest BCUT2D eigenvalue weighted by molar-refractivity contribution is 7.98. The average Bonchev–Trinajstić information content (AvgIpc) is 2.58. The van der Waals surface area contributed by atoms with Crippen LogP contribution in [0.25, 0.3) is 0 Å². The van der Waals surface area contributed by atoms with Gasteiger partial charge in [0.25, 0.3) is 5.91 Å². The van der Waals surface area contributed by atoms with Gasteiger partial charge in [-0.25, -0.2) is 4.79 Å². The van der Waals surface area contributed by atoms with Crippen molar-refractivity contribution >= 4 is 29.3 Å². The number of hydrogen-bond acceptors (Lipinski definition) is 6. The number of para-hydroxylation sites is 2. The van der Waals surface area contributed by atoms with Gasteiger partial charge in [-0.15, -0.1) is 0 Å². The number of carbonyl (C=O) groups is 2. The number of carboxylic acid groups (broad SMARTS) is 1. The van der Waals surface area contributed by atoms with Crippen LogP contribution in [-0.4, -0.2) is 42.1 Å². The van der Waals surface area contributed by atoms with Crippen molar-refractivity contribution in [3.63, 3.8) is 0 Å². The largest absolute Gasteiger partial charge is 0.495 e. The summed E-state index contributed by atoms with van der Waals surface area (Å²) in [6.07, 6.45) is 3.37. The van der Waals surface area contributed by atoms with E-state index >= 15 is 0 Å². The van der Waals surface area contributed by atoms with Gasteiger partial charge >= 0.3 is 5.97 Å². The van der Waals surface area contributed by atoms with Crippen LogP contribution < -0.4 is 15.4 Å². The standard InChI is InChI=1S/C16H19N3O4S/c1-23-14-6-4-3-5-12(14)19-15(20)11(9-17)10-18-13(16(21)22)7-8-24-2/h3-6,10,13,18H,7-8H2,1-2H3,(H,19,20)(H,21,22)/b11-10-. The van der Waals surface area contributed by atoms with Crippen LogP contribution in [0.3, 0.4) is 0 Å². The Morgan fingerprint density at radius 3 is 2.75 bits per heavy atom. The monoisotopic (exact) mass is 349 g/mol. The molecule has 0 aromatic heterocycles. The Morgan fingerprint density at radius 1 is 1.46 bits per heavy atom. The summed E-state index contributed by atoms with van der Waals surface area (Å²) in [6, 6.07) is 7.67. The van der Waals surface area contributed by atoms with E-state index in [4.69, 9.17) is 15.1 Å². The minimum atomic E-state index is -1.04. The summed E-state index contributed by atoms with van der Waals surface area (Å²) in [5.74, 6) is -0.585. The number of rotatable bonds is 9. The van der Waals surface area contributed by atoms with E-state index in [2.05, 4.69) is 10.6 Å². The van der Waals surface area contributed by atoms with Gasteiger partial charge in [-0.05, 0) is 30.6 Å².